The summed E-state index contributed by atoms with van der Waals surface area (Å²) < 4.78 is 245. The number of hydrogen-bond acceptors (Lipinski definition) is 6. The Balaban J connectivity index is 1.25. The van der Waals surface area contributed by atoms with Gasteiger partial charge in [0.2, 0.25) is 27.2 Å². The molecule has 0 aromatic heterocycles. The van der Waals surface area contributed by atoms with Crippen molar-refractivity contribution in [2.75, 3.05) is 0 Å². The fraction of sp³-hybridized carbons (Fsp3) is 0.178. The minimum Gasteiger partial charge on any atom is -0.456 e. The highest BCUT2D eigenvalue weighted by molar-refractivity contribution is 7.91. The van der Waals surface area contributed by atoms with Crippen LogP contribution in [0.25, 0.3) is 0 Å². The van der Waals surface area contributed by atoms with Crippen LogP contribution in [0.5, 0.6) is 34.5 Å². The SMILES string of the molecule is Cc1c(F)c(F)c(S(=O)(=O)c2c(F)c(F)c(Oc3ccc(C(C)(c4ccc(Oc5cccc(Oc6ccc(C(C)(C)C(F)(F)F)cc6)c5C#N)cc4)C(F)(F)F)cc3)c(F)c2F)c(F)c1F. The van der Waals surface area contributed by atoms with E-state index in [-0.39, 0.29) is 34.1 Å². The molecule has 0 N–H and O–H groups in total. The number of benzene rings is 6. The molecular weight excluding hydrogens is 933 g/mol. The lowest BCUT2D eigenvalue weighted by atomic mass is 9.75. The summed E-state index contributed by atoms with van der Waals surface area (Å²) in [5, 5.41) is 9.93. The summed E-state index contributed by atoms with van der Waals surface area (Å²) in [6.45, 7) is 3.25. The van der Waals surface area contributed by atoms with E-state index in [0.29, 0.717) is 19.1 Å². The summed E-state index contributed by atoms with van der Waals surface area (Å²) in [6.07, 6.45) is -9.63. The molecule has 0 saturated heterocycles. The standard InChI is InChI=1S/C45H27F14NO5S/c1-21-31(46)35(50)40(36(51)32(21)47)66(61,62)41-37(52)33(48)39(34(49)38(41)53)65-27-18-12-24(13-19-27)43(4,45(57,58)59)23-10-16-26(17-11-23)64-30-7-5-6-29(28(30)20-60)63-25-14-8-22(9-15-25)42(2,3)44(54,55)56/h5-19H,1-4H3. The van der Waals surface area contributed by atoms with E-state index < -0.39 is 118 Å². The van der Waals surface area contributed by atoms with Crippen molar-refractivity contribution in [2.24, 2.45) is 0 Å². The third-order valence-corrected chi connectivity index (χ3v) is 12.4. The van der Waals surface area contributed by atoms with Crippen LogP contribution in [0.4, 0.5) is 61.5 Å². The lowest BCUT2D eigenvalue weighted by Gasteiger charge is -2.33. The molecule has 1 atom stereocenters. The highest BCUT2D eigenvalue weighted by Gasteiger charge is 2.53. The van der Waals surface area contributed by atoms with Crippen LogP contribution >= 0.6 is 0 Å². The number of ether oxygens (including phenoxy) is 3. The van der Waals surface area contributed by atoms with Gasteiger partial charge >= 0.3 is 12.4 Å². The molecule has 6 nitrogen and oxygen atoms in total. The number of rotatable bonds is 11. The molecular formula is C45H27F14NO5S. The Morgan fingerprint density at radius 2 is 0.833 bits per heavy atom. The number of alkyl halides is 6. The van der Waals surface area contributed by atoms with E-state index in [2.05, 4.69) is 0 Å². The number of hydrogen-bond donors (Lipinski definition) is 0. The molecule has 0 aliphatic heterocycles. The van der Waals surface area contributed by atoms with E-state index >= 15 is 17.6 Å². The first kappa shape index (κ1) is 48.6. The quantitative estimate of drug-likeness (QED) is 0.0950. The second-order valence-electron chi connectivity index (χ2n) is 15.0. The average molecular weight is 960 g/mol. The maximum Gasteiger partial charge on any atom is 0.402 e. The minimum atomic E-state index is -6.44. The van der Waals surface area contributed by atoms with Gasteiger partial charge in [-0.3, -0.25) is 0 Å². The van der Waals surface area contributed by atoms with E-state index in [4.69, 9.17) is 14.2 Å². The molecule has 0 bridgehead atoms. The molecule has 0 radical (unpaired) electrons. The van der Waals surface area contributed by atoms with Crippen molar-refractivity contribution in [3.05, 3.63) is 165 Å². The maximum absolute atomic E-state index is 15.2. The predicted molar refractivity (Wildman–Crippen MR) is 205 cm³/mol. The zero-order valence-corrected chi connectivity index (χ0v) is 34.7. The van der Waals surface area contributed by atoms with E-state index in [0.717, 1.165) is 57.2 Å². The van der Waals surface area contributed by atoms with Gasteiger partial charge in [0.15, 0.2) is 34.9 Å². The third kappa shape index (κ3) is 8.33. The molecule has 21 heteroatoms. The average Bonchev–Trinajstić information content (AvgIpc) is 3.25. The summed E-state index contributed by atoms with van der Waals surface area (Å²) in [4.78, 5) is -5.30. The summed E-state index contributed by atoms with van der Waals surface area (Å²) in [7, 11) is -6.44. The summed E-state index contributed by atoms with van der Waals surface area (Å²) in [6, 6.07) is 18.1. The Bertz CT molecular complexity index is 2960. The molecule has 6 aromatic carbocycles. The van der Waals surface area contributed by atoms with Crippen molar-refractivity contribution < 1.29 is 84.1 Å². The predicted octanol–water partition coefficient (Wildman–Crippen LogP) is 13.9. The number of sulfone groups is 1. The molecule has 0 fully saturated rings. The molecule has 0 heterocycles. The molecule has 6 aromatic rings. The van der Waals surface area contributed by atoms with Crippen LogP contribution in [0.1, 0.15) is 48.6 Å². The first-order chi connectivity index (χ1) is 30.6. The molecule has 66 heavy (non-hydrogen) atoms. The second kappa shape index (κ2) is 17.2. The van der Waals surface area contributed by atoms with E-state index in [9.17, 15) is 57.6 Å². The topological polar surface area (TPSA) is 85.6 Å². The summed E-state index contributed by atoms with van der Waals surface area (Å²) >= 11 is 0. The van der Waals surface area contributed by atoms with Gasteiger partial charge in [0.05, 0.1) is 5.41 Å². The van der Waals surface area contributed by atoms with Crippen LogP contribution < -0.4 is 14.2 Å². The minimum absolute atomic E-state index is 0.0555. The first-order valence-electron chi connectivity index (χ1n) is 18.5. The van der Waals surface area contributed by atoms with Crippen LogP contribution in [-0.4, -0.2) is 20.8 Å². The monoisotopic (exact) mass is 959 g/mol. The Morgan fingerprint density at radius 1 is 0.485 bits per heavy atom. The van der Waals surface area contributed by atoms with Crippen LogP contribution in [0, 0.1) is 64.8 Å². The molecule has 0 saturated carbocycles. The van der Waals surface area contributed by atoms with E-state index in [1.54, 1.807) is 0 Å². The van der Waals surface area contributed by atoms with Gasteiger partial charge in [-0.1, -0.05) is 42.5 Å². The van der Waals surface area contributed by atoms with Gasteiger partial charge in [-0.2, -0.15) is 40.4 Å². The Labute approximate surface area is 365 Å². The van der Waals surface area contributed by atoms with Gasteiger partial charge in [0, 0.05) is 5.56 Å². The van der Waals surface area contributed by atoms with Crippen molar-refractivity contribution >= 4 is 9.84 Å². The van der Waals surface area contributed by atoms with Crippen LogP contribution in [-0.2, 0) is 20.7 Å². The highest BCUT2D eigenvalue weighted by atomic mass is 32.2. The molecule has 1 unspecified atom stereocenters. The molecule has 0 amide bonds. The summed E-state index contributed by atoms with van der Waals surface area (Å²) in [5.74, 6) is -23.8. The van der Waals surface area contributed by atoms with Gasteiger partial charge in [0.25, 0.3) is 0 Å². The second-order valence-corrected chi connectivity index (χ2v) is 16.8. The lowest BCUT2D eigenvalue weighted by molar-refractivity contribution is -0.180. The highest BCUT2D eigenvalue weighted by Crippen LogP contribution is 2.48. The Hall–Kier alpha value is -6.82. The fourth-order valence-electron chi connectivity index (χ4n) is 6.45. The normalized spacial score (nSPS) is 13.2. The lowest BCUT2D eigenvalue weighted by Crippen LogP contribution is -2.40. The van der Waals surface area contributed by atoms with Gasteiger partial charge in [0.1, 0.15) is 55.6 Å². The van der Waals surface area contributed by atoms with Crippen molar-refractivity contribution in [1.82, 2.24) is 0 Å². The molecule has 0 spiro atoms. The smallest absolute Gasteiger partial charge is 0.402 e. The van der Waals surface area contributed by atoms with E-state index in [1.165, 1.54) is 42.5 Å². The maximum atomic E-state index is 15.2. The Morgan fingerprint density at radius 3 is 1.18 bits per heavy atom. The van der Waals surface area contributed by atoms with E-state index in [1.807, 2.05) is 6.07 Å². The number of halogens is 14. The van der Waals surface area contributed by atoms with Gasteiger partial charge < -0.3 is 14.2 Å². The van der Waals surface area contributed by atoms with Crippen molar-refractivity contribution in [3.63, 3.8) is 0 Å². The van der Waals surface area contributed by atoms with Gasteiger partial charge in [-0.15, -0.1) is 0 Å². The van der Waals surface area contributed by atoms with Crippen LogP contribution in [0.2, 0.25) is 0 Å². The van der Waals surface area contributed by atoms with Gasteiger partial charge in [-0.05, 0) is 92.9 Å². The van der Waals surface area contributed by atoms with Crippen LogP contribution in [0.3, 0.4) is 0 Å². The van der Waals surface area contributed by atoms with Gasteiger partial charge in [-0.25, -0.2) is 34.8 Å². The molecule has 0 aliphatic carbocycles. The van der Waals surface area contributed by atoms with Crippen molar-refractivity contribution in [2.45, 2.75) is 60.7 Å². The number of nitrogens with zero attached hydrogens (tertiary/aromatic N) is 1. The Kier molecular flexibility index (Phi) is 12.7. The third-order valence-electron chi connectivity index (χ3n) is 10.7. The molecule has 346 valence electrons. The number of nitriles is 1. The zero-order chi connectivity index (χ0) is 49.1. The summed E-state index contributed by atoms with van der Waals surface area (Å²) in [5.41, 5.74) is -7.61. The largest absolute Gasteiger partial charge is 0.456 e. The zero-order valence-electron chi connectivity index (χ0n) is 33.8. The van der Waals surface area contributed by atoms with Crippen molar-refractivity contribution in [1.29, 1.82) is 5.26 Å². The van der Waals surface area contributed by atoms with Crippen molar-refractivity contribution in [3.8, 4) is 40.6 Å². The first-order valence-corrected chi connectivity index (χ1v) is 20.0. The molecule has 0 aliphatic rings. The molecule has 6 rings (SSSR count). The van der Waals surface area contributed by atoms with Crippen LogP contribution in [0.15, 0.2) is 101 Å². The fourth-order valence-corrected chi connectivity index (χ4v) is 7.96.